The van der Waals surface area contributed by atoms with E-state index in [1.807, 2.05) is 19.2 Å². The molecule has 2 rings (SSSR count). The molecule has 104 valence electrons. The second-order valence-electron chi connectivity index (χ2n) is 5.08. The lowest BCUT2D eigenvalue weighted by Crippen LogP contribution is -2.17. The molecule has 2 aromatic carbocycles. The molecule has 20 heavy (non-hydrogen) atoms. The summed E-state index contributed by atoms with van der Waals surface area (Å²) >= 11 is 0. The molecule has 4 nitrogen and oxygen atoms in total. The van der Waals surface area contributed by atoms with Gasteiger partial charge in [0.15, 0.2) is 0 Å². The highest BCUT2D eigenvalue weighted by Crippen LogP contribution is 2.14. The first-order valence-corrected chi connectivity index (χ1v) is 6.52. The lowest BCUT2D eigenvalue weighted by molar-refractivity contribution is -0.384. The van der Waals surface area contributed by atoms with Gasteiger partial charge in [0.1, 0.15) is 0 Å². The van der Waals surface area contributed by atoms with Crippen LogP contribution >= 0.6 is 0 Å². The van der Waals surface area contributed by atoms with Gasteiger partial charge in [-0.2, -0.15) is 0 Å². The summed E-state index contributed by atoms with van der Waals surface area (Å²) < 4.78 is 0. The SMILES string of the molecule is Cc1ccc(CN(C)Cc2ccc([N+](=O)[O-])cc2)cc1. The Labute approximate surface area is 118 Å². The van der Waals surface area contributed by atoms with Gasteiger partial charge in [0.25, 0.3) is 5.69 Å². The molecule has 0 unspecified atom stereocenters. The first-order valence-electron chi connectivity index (χ1n) is 6.52. The van der Waals surface area contributed by atoms with Crippen LogP contribution in [0.5, 0.6) is 0 Å². The van der Waals surface area contributed by atoms with Gasteiger partial charge in [0, 0.05) is 25.2 Å². The summed E-state index contributed by atoms with van der Waals surface area (Å²) in [6.45, 7) is 3.70. The molecule has 4 heteroatoms. The Hall–Kier alpha value is -2.20. The molecular weight excluding hydrogens is 252 g/mol. The summed E-state index contributed by atoms with van der Waals surface area (Å²) in [6.07, 6.45) is 0. The molecule has 0 bridgehead atoms. The van der Waals surface area contributed by atoms with Crippen LogP contribution in [0.25, 0.3) is 0 Å². The van der Waals surface area contributed by atoms with E-state index in [0.717, 1.165) is 18.7 Å². The van der Waals surface area contributed by atoms with Crippen LogP contribution in [0, 0.1) is 17.0 Å². The Morgan fingerprint density at radius 3 is 1.85 bits per heavy atom. The van der Waals surface area contributed by atoms with Crippen molar-refractivity contribution in [2.75, 3.05) is 7.05 Å². The molecule has 0 fully saturated rings. The summed E-state index contributed by atoms with van der Waals surface area (Å²) in [5, 5.41) is 10.6. The molecule has 0 aromatic heterocycles. The van der Waals surface area contributed by atoms with Crippen molar-refractivity contribution in [1.82, 2.24) is 4.90 Å². The molecule has 0 saturated heterocycles. The Balaban J connectivity index is 1.95. The minimum absolute atomic E-state index is 0.134. The Bertz CT molecular complexity index is 576. The Morgan fingerprint density at radius 2 is 1.40 bits per heavy atom. The van der Waals surface area contributed by atoms with Crippen molar-refractivity contribution in [1.29, 1.82) is 0 Å². The standard InChI is InChI=1S/C16H18N2O2/c1-13-3-5-14(6-4-13)11-17(2)12-15-7-9-16(10-8-15)18(19)20/h3-10H,11-12H2,1-2H3. The van der Waals surface area contributed by atoms with Crippen LogP contribution in [0.15, 0.2) is 48.5 Å². The second kappa shape index (κ2) is 6.30. The molecule has 0 aliphatic heterocycles. The number of nitrogens with zero attached hydrogens (tertiary/aromatic N) is 2. The van der Waals surface area contributed by atoms with Gasteiger partial charge in [-0.25, -0.2) is 0 Å². The molecule has 0 spiro atoms. The van der Waals surface area contributed by atoms with Crippen LogP contribution in [0.2, 0.25) is 0 Å². The van der Waals surface area contributed by atoms with E-state index in [-0.39, 0.29) is 10.6 Å². The number of nitro groups is 1. The molecule has 0 atom stereocenters. The number of hydrogen-bond acceptors (Lipinski definition) is 3. The van der Waals surface area contributed by atoms with E-state index in [1.54, 1.807) is 12.1 Å². The zero-order chi connectivity index (χ0) is 14.5. The largest absolute Gasteiger partial charge is 0.298 e. The smallest absolute Gasteiger partial charge is 0.269 e. The predicted octanol–water partition coefficient (Wildman–Crippen LogP) is 3.54. The quantitative estimate of drug-likeness (QED) is 0.616. The maximum atomic E-state index is 10.6. The molecule has 0 N–H and O–H groups in total. The minimum atomic E-state index is -0.375. The maximum absolute atomic E-state index is 10.6. The third kappa shape index (κ3) is 3.90. The van der Waals surface area contributed by atoms with Crippen molar-refractivity contribution in [3.63, 3.8) is 0 Å². The Morgan fingerprint density at radius 1 is 0.950 bits per heavy atom. The molecule has 0 saturated carbocycles. The molecule has 0 amide bonds. The predicted molar refractivity (Wildman–Crippen MR) is 79.4 cm³/mol. The number of hydrogen-bond donors (Lipinski definition) is 0. The van der Waals surface area contributed by atoms with Gasteiger partial charge < -0.3 is 0 Å². The zero-order valence-electron chi connectivity index (χ0n) is 11.7. The highest BCUT2D eigenvalue weighted by molar-refractivity contribution is 5.32. The van der Waals surface area contributed by atoms with E-state index < -0.39 is 0 Å². The molecule has 0 radical (unpaired) electrons. The van der Waals surface area contributed by atoms with Crippen LogP contribution < -0.4 is 0 Å². The van der Waals surface area contributed by atoms with Crippen LogP contribution in [-0.2, 0) is 13.1 Å². The number of non-ortho nitro benzene ring substituents is 1. The van der Waals surface area contributed by atoms with E-state index in [1.165, 1.54) is 11.1 Å². The molecule has 0 aliphatic carbocycles. The monoisotopic (exact) mass is 270 g/mol. The number of benzene rings is 2. The highest BCUT2D eigenvalue weighted by Gasteiger charge is 2.06. The van der Waals surface area contributed by atoms with Crippen LogP contribution in [0.3, 0.4) is 0 Å². The average molecular weight is 270 g/mol. The molecular formula is C16H18N2O2. The van der Waals surface area contributed by atoms with Gasteiger partial charge in [0.05, 0.1) is 4.92 Å². The summed E-state index contributed by atoms with van der Waals surface area (Å²) in [4.78, 5) is 12.4. The van der Waals surface area contributed by atoms with E-state index >= 15 is 0 Å². The number of aryl methyl sites for hydroxylation is 1. The first kappa shape index (κ1) is 14.2. The summed E-state index contributed by atoms with van der Waals surface area (Å²) in [7, 11) is 2.04. The molecule has 0 heterocycles. The fraction of sp³-hybridized carbons (Fsp3) is 0.250. The van der Waals surface area contributed by atoms with Gasteiger partial charge in [-0.1, -0.05) is 42.0 Å². The van der Waals surface area contributed by atoms with E-state index in [4.69, 9.17) is 0 Å². The summed E-state index contributed by atoms with van der Waals surface area (Å²) in [6, 6.07) is 15.2. The van der Waals surface area contributed by atoms with Gasteiger partial charge in [-0.3, -0.25) is 15.0 Å². The summed E-state index contributed by atoms with van der Waals surface area (Å²) in [5.74, 6) is 0. The topological polar surface area (TPSA) is 46.4 Å². The normalized spacial score (nSPS) is 10.8. The van der Waals surface area contributed by atoms with Gasteiger partial charge in [-0.05, 0) is 25.1 Å². The van der Waals surface area contributed by atoms with E-state index in [9.17, 15) is 10.1 Å². The fourth-order valence-electron chi connectivity index (χ4n) is 2.10. The van der Waals surface area contributed by atoms with Crippen molar-refractivity contribution in [3.05, 3.63) is 75.3 Å². The third-order valence-corrected chi connectivity index (χ3v) is 3.17. The van der Waals surface area contributed by atoms with Gasteiger partial charge in [-0.15, -0.1) is 0 Å². The first-order chi connectivity index (χ1) is 9.54. The lowest BCUT2D eigenvalue weighted by atomic mass is 10.1. The van der Waals surface area contributed by atoms with E-state index in [2.05, 4.69) is 36.1 Å². The van der Waals surface area contributed by atoms with Crippen molar-refractivity contribution < 1.29 is 4.92 Å². The highest BCUT2D eigenvalue weighted by atomic mass is 16.6. The second-order valence-corrected chi connectivity index (χ2v) is 5.08. The zero-order valence-corrected chi connectivity index (χ0v) is 11.7. The van der Waals surface area contributed by atoms with Crippen molar-refractivity contribution in [3.8, 4) is 0 Å². The summed E-state index contributed by atoms with van der Waals surface area (Å²) in [5.41, 5.74) is 3.73. The van der Waals surface area contributed by atoms with Crippen molar-refractivity contribution in [2.45, 2.75) is 20.0 Å². The van der Waals surface area contributed by atoms with Gasteiger partial charge in [0.2, 0.25) is 0 Å². The average Bonchev–Trinajstić information content (AvgIpc) is 2.42. The number of nitro benzene ring substituents is 1. The molecule has 0 aliphatic rings. The minimum Gasteiger partial charge on any atom is -0.298 e. The lowest BCUT2D eigenvalue weighted by Gasteiger charge is -2.16. The van der Waals surface area contributed by atoms with E-state index in [0.29, 0.717) is 0 Å². The van der Waals surface area contributed by atoms with Crippen LogP contribution in [0.4, 0.5) is 5.69 Å². The van der Waals surface area contributed by atoms with Crippen LogP contribution in [0.1, 0.15) is 16.7 Å². The fourth-order valence-corrected chi connectivity index (χ4v) is 2.10. The van der Waals surface area contributed by atoms with Crippen LogP contribution in [-0.4, -0.2) is 16.9 Å². The maximum Gasteiger partial charge on any atom is 0.269 e. The van der Waals surface area contributed by atoms with Gasteiger partial charge >= 0.3 is 0 Å². The Kier molecular flexibility index (Phi) is 4.48. The molecule has 2 aromatic rings. The van der Waals surface area contributed by atoms with Crippen molar-refractivity contribution >= 4 is 5.69 Å². The van der Waals surface area contributed by atoms with Crippen molar-refractivity contribution in [2.24, 2.45) is 0 Å². The third-order valence-electron chi connectivity index (χ3n) is 3.17. The number of rotatable bonds is 5.